The van der Waals surface area contributed by atoms with Crippen LogP contribution in [-0.4, -0.2) is 29.3 Å². The lowest BCUT2D eigenvalue weighted by Crippen LogP contribution is -2.41. The van der Waals surface area contributed by atoms with E-state index in [0.717, 1.165) is 18.4 Å². The molecule has 5 heteroatoms. The van der Waals surface area contributed by atoms with Crippen LogP contribution >= 0.6 is 0 Å². The second-order valence-electron chi connectivity index (χ2n) is 5.16. The zero-order chi connectivity index (χ0) is 14.7. The number of hydrogen-bond donors (Lipinski definition) is 2. The molecule has 1 aromatic rings. The number of rotatable bonds is 5. The lowest BCUT2D eigenvalue weighted by Gasteiger charge is -2.19. The normalized spacial score (nSPS) is 13.8. The molecule has 0 unspecified atom stereocenters. The molecule has 5 nitrogen and oxygen atoms in total. The van der Waals surface area contributed by atoms with Crippen LogP contribution in [0.15, 0.2) is 18.2 Å². The summed E-state index contributed by atoms with van der Waals surface area (Å²) >= 11 is 0. The van der Waals surface area contributed by atoms with Crippen LogP contribution in [0.25, 0.3) is 0 Å². The fourth-order valence-electron chi connectivity index (χ4n) is 2.45. The van der Waals surface area contributed by atoms with Gasteiger partial charge in [-0.1, -0.05) is 19.9 Å². The maximum Gasteiger partial charge on any atom is 0.255 e. The Morgan fingerprint density at radius 2 is 2.10 bits per heavy atom. The molecule has 0 spiro atoms. The van der Waals surface area contributed by atoms with Crippen molar-refractivity contribution in [2.75, 3.05) is 12.3 Å². The maximum atomic E-state index is 12.2. The van der Waals surface area contributed by atoms with Crippen LogP contribution in [0.2, 0.25) is 0 Å². The Morgan fingerprint density at radius 1 is 1.40 bits per heavy atom. The van der Waals surface area contributed by atoms with E-state index in [0.29, 0.717) is 17.8 Å². The quantitative estimate of drug-likeness (QED) is 0.800. The number of nitrogen functional groups attached to an aromatic ring is 1. The van der Waals surface area contributed by atoms with E-state index in [1.165, 1.54) is 0 Å². The van der Waals surface area contributed by atoms with E-state index in [-0.39, 0.29) is 24.4 Å². The van der Waals surface area contributed by atoms with Gasteiger partial charge in [-0.3, -0.25) is 9.59 Å². The number of nitrogens with zero attached hydrogens (tertiary/aromatic N) is 1. The van der Waals surface area contributed by atoms with E-state index in [1.54, 1.807) is 17.0 Å². The van der Waals surface area contributed by atoms with Gasteiger partial charge in [-0.2, -0.15) is 0 Å². The van der Waals surface area contributed by atoms with Crippen LogP contribution in [0.1, 0.15) is 42.6 Å². The molecule has 1 aromatic carbocycles. The molecule has 0 saturated heterocycles. The van der Waals surface area contributed by atoms with E-state index in [2.05, 4.69) is 5.32 Å². The number of hydrogen-bond acceptors (Lipinski definition) is 3. The summed E-state index contributed by atoms with van der Waals surface area (Å²) in [5.41, 5.74) is 7.80. The third-order valence-corrected chi connectivity index (χ3v) is 3.70. The van der Waals surface area contributed by atoms with Crippen LogP contribution in [0.5, 0.6) is 0 Å². The molecule has 0 aliphatic carbocycles. The first-order chi connectivity index (χ1) is 9.55. The van der Waals surface area contributed by atoms with Gasteiger partial charge in [0.25, 0.3) is 5.91 Å². The van der Waals surface area contributed by atoms with Gasteiger partial charge >= 0.3 is 0 Å². The van der Waals surface area contributed by atoms with Gasteiger partial charge in [0.15, 0.2) is 0 Å². The molecule has 0 saturated carbocycles. The third kappa shape index (κ3) is 2.92. The topological polar surface area (TPSA) is 75.4 Å². The molecule has 1 aliphatic heterocycles. The summed E-state index contributed by atoms with van der Waals surface area (Å²) in [6.07, 6.45) is 1.79. The van der Waals surface area contributed by atoms with E-state index >= 15 is 0 Å². The number of carbonyl (C=O) groups is 2. The number of carbonyl (C=O) groups excluding carboxylic acids is 2. The van der Waals surface area contributed by atoms with E-state index < -0.39 is 0 Å². The third-order valence-electron chi connectivity index (χ3n) is 3.70. The Labute approximate surface area is 119 Å². The number of benzene rings is 1. The number of fused-ring (bicyclic) bond motifs is 1. The summed E-state index contributed by atoms with van der Waals surface area (Å²) in [6, 6.07) is 5.48. The first-order valence-electron chi connectivity index (χ1n) is 7.02. The molecule has 2 rings (SSSR count). The molecule has 20 heavy (non-hydrogen) atoms. The molecular weight excluding hydrogens is 254 g/mol. The van der Waals surface area contributed by atoms with E-state index in [9.17, 15) is 9.59 Å². The highest BCUT2D eigenvalue weighted by molar-refractivity contribution is 6.00. The summed E-state index contributed by atoms with van der Waals surface area (Å²) in [7, 11) is 0. The molecule has 0 bridgehead atoms. The maximum absolute atomic E-state index is 12.2. The van der Waals surface area contributed by atoms with Crippen molar-refractivity contribution in [1.82, 2.24) is 10.2 Å². The van der Waals surface area contributed by atoms with Gasteiger partial charge in [0.05, 0.1) is 0 Å². The average Bonchev–Trinajstić information content (AvgIpc) is 2.73. The highest BCUT2D eigenvalue weighted by atomic mass is 16.2. The predicted octanol–water partition coefficient (Wildman–Crippen LogP) is 1.53. The Hall–Kier alpha value is -2.04. The van der Waals surface area contributed by atoms with E-state index in [1.807, 2.05) is 19.9 Å². The number of nitrogens with two attached hydrogens (primary N) is 1. The number of amides is 2. The predicted molar refractivity (Wildman–Crippen MR) is 78.1 cm³/mol. The number of anilines is 1. The summed E-state index contributed by atoms with van der Waals surface area (Å²) in [5, 5.41) is 2.94. The van der Waals surface area contributed by atoms with Gasteiger partial charge in [-0.05, 0) is 30.5 Å². The van der Waals surface area contributed by atoms with Crippen LogP contribution in [0.4, 0.5) is 5.69 Å². The van der Waals surface area contributed by atoms with Gasteiger partial charge in [0, 0.05) is 23.8 Å². The first-order valence-corrected chi connectivity index (χ1v) is 7.02. The van der Waals surface area contributed by atoms with Crippen molar-refractivity contribution in [1.29, 1.82) is 0 Å². The van der Waals surface area contributed by atoms with Gasteiger partial charge < -0.3 is 16.0 Å². The summed E-state index contributed by atoms with van der Waals surface area (Å²) in [5.74, 6) is -0.222. The van der Waals surface area contributed by atoms with Crippen molar-refractivity contribution in [3.8, 4) is 0 Å². The highest BCUT2D eigenvalue weighted by Crippen LogP contribution is 2.24. The Morgan fingerprint density at radius 3 is 2.75 bits per heavy atom. The van der Waals surface area contributed by atoms with Crippen molar-refractivity contribution in [2.24, 2.45) is 0 Å². The van der Waals surface area contributed by atoms with Crippen molar-refractivity contribution >= 4 is 17.5 Å². The molecule has 108 valence electrons. The molecular formula is C15H21N3O2. The first kappa shape index (κ1) is 14.4. The largest absolute Gasteiger partial charge is 0.399 e. The minimum Gasteiger partial charge on any atom is -0.399 e. The Balaban J connectivity index is 2.00. The van der Waals surface area contributed by atoms with Crippen molar-refractivity contribution in [3.63, 3.8) is 0 Å². The molecule has 3 N–H and O–H groups in total. The summed E-state index contributed by atoms with van der Waals surface area (Å²) < 4.78 is 0. The average molecular weight is 275 g/mol. The van der Waals surface area contributed by atoms with Gasteiger partial charge in [-0.15, -0.1) is 0 Å². The van der Waals surface area contributed by atoms with Crippen molar-refractivity contribution < 1.29 is 9.59 Å². The molecule has 0 radical (unpaired) electrons. The molecule has 0 atom stereocenters. The lowest BCUT2D eigenvalue weighted by atomic mass is 10.1. The second kappa shape index (κ2) is 5.94. The van der Waals surface area contributed by atoms with Gasteiger partial charge in [0.1, 0.15) is 6.54 Å². The summed E-state index contributed by atoms with van der Waals surface area (Å²) in [4.78, 5) is 25.7. The zero-order valence-electron chi connectivity index (χ0n) is 12.0. The second-order valence-corrected chi connectivity index (χ2v) is 5.16. The van der Waals surface area contributed by atoms with Crippen LogP contribution in [0.3, 0.4) is 0 Å². The molecule has 1 heterocycles. The van der Waals surface area contributed by atoms with Gasteiger partial charge in [0.2, 0.25) is 5.91 Å². The van der Waals surface area contributed by atoms with Crippen LogP contribution in [0, 0.1) is 0 Å². The standard InChI is InChI=1S/C15H21N3O2/c1-3-12(4-2)17-14(19)9-18-8-10-5-6-11(16)7-13(10)15(18)20/h5-7,12H,3-4,8-9,16H2,1-2H3,(H,17,19). The molecule has 2 amide bonds. The Bertz CT molecular complexity index is 524. The number of nitrogens with one attached hydrogen (secondary N) is 1. The van der Waals surface area contributed by atoms with Gasteiger partial charge in [-0.25, -0.2) is 0 Å². The highest BCUT2D eigenvalue weighted by Gasteiger charge is 2.28. The Kier molecular flexibility index (Phi) is 4.27. The lowest BCUT2D eigenvalue weighted by molar-refractivity contribution is -0.122. The SMILES string of the molecule is CCC(CC)NC(=O)CN1Cc2ccc(N)cc2C1=O. The molecule has 0 fully saturated rings. The van der Waals surface area contributed by atoms with Crippen LogP contribution in [-0.2, 0) is 11.3 Å². The zero-order valence-corrected chi connectivity index (χ0v) is 12.0. The van der Waals surface area contributed by atoms with E-state index in [4.69, 9.17) is 5.73 Å². The van der Waals surface area contributed by atoms with Crippen molar-refractivity contribution in [3.05, 3.63) is 29.3 Å². The summed E-state index contributed by atoms with van der Waals surface area (Å²) in [6.45, 7) is 4.65. The molecule has 0 aromatic heterocycles. The van der Waals surface area contributed by atoms with Crippen LogP contribution < -0.4 is 11.1 Å². The minimum absolute atomic E-state index is 0.101. The van der Waals surface area contributed by atoms with Crippen molar-refractivity contribution in [2.45, 2.75) is 39.3 Å². The smallest absolute Gasteiger partial charge is 0.255 e. The molecule has 1 aliphatic rings. The fourth-order valence-corrected chi connectivity index (χ4v) is 2.45. The monoisotopic (exact) mass is 275 g/mol. The minimum atomic E-state index is -0.119. The fraction of sp³-hybridized carbons (Fsp3) is 0.467.